The topological polar surface area (TPSA) is 64.3 Å². The molecule has 0 aliphatic heterocycles. The molecule has 1 aliphatic rings. The van der Waals surface area contributed by atoms with E-state index in [1.165, 1.54) is 19.3 Å². The SMILES string of the molecule is COc1ccccc1CC(=O)NCC1CCCC1CN. The molecule has 110 valence electrons. The summed E-state index contributed by atoms with van der Waals surface area (Å²) in [6.07, 6.45) is 3.97. The van der Waals surface area contributed by atoms with Crippen molar-refractivity contribution in [2.75, 3.05) is 20.2 Å². The van der Waals surface area contributed by atoms with E-state index >= 15 is 0 Å². The van der Waals surface area contributed by atoms with Crippen LogP contribution in [-0.2, 0) is 11.2 Å². The fraction of sp³-hybridized carbons (Fsp3) is 0.562. The minimum absolute atomic E-state index is 0.0529. The molecule has 1 fully saturated rings. The van der Waals surface area contributed by atoms with Crippen LogP contribution >= 0.6 is 0 Å². The number of rotatable bonds is 6. The van der Waals surface area contributed by atoms with Gasteiger partial charge in [-0.15, -0.1) is 0 Å². The number of hydrogen-bond donors (Lipinski definition) is 2. The standard InChI is InChI=1S/C16H24N2O2/c1-20-15-8-3-2-5-12(15)9-16(19)18-11-14-7-4-6-13(14)10-17/h2-3,5,8,13-14H,4,6-7,9-11,17H2,1H3,(H,18,19). The zero-order valence-corrected chi connectivity index (χ0v) is 12.1. The van der Waals surface area contributed by atoms with Crippen molar-refractivity contribution in [3.8, 4) is 5.75 Å². The number of carbonyl (C=O) groups excluding carboxylic acids is 1. The fourth-order valence-electron chi connectivity index (χ4n) is 3.02. The maximum Gasteiger partial charge on any atom is 0.224 e. The third-order valence-electron chi connectivity index (χ3n) is 4.22. The van der Waals surface area contributed by atoms with E-state index in [9.17, 15) is 4.79 Å². The van der Waals surface area contributed by atoms with Crippen molar-refractivity contribution in [3.05, 3.63) is 29.8 Å². The Morgan fingerprint density at radius 3 is 2.85 bits per heavy atom. The molecule has 1 amide bonds. The van der Waals surface area contributed by atoms with E-state index in [-0.39, 0.29) is 5.91 Å². The Kier molecular flexibility index (Phi) is 5.41. The summed E-state index contributed by atoms with van der Waals surface area (Å²) in [5.41, 5.74) is 6.69. The lowest BCUT2D eigenvalue weighted by atomic mass is 9.96. The quantitative estimate of drug-likeness (QED) is 0.831. The fourth-order valence-corrected chi connectivity index (χ4v) is 3.02. The number of benzene rings is 1. The molecule has 3 N–H and O–H groups in total. The van der Waals surface area contributed by atoms with Crippen LogP contribution in [0, 0.1) is 11.8 Å². The summed E-state index contributed by atoms with van der Waals surface area (Å²) in [6, 6.07) is 7.64. The zero-order valence-electron chi connectivity index (χ0n) is 12.1. The van der Waals surface area contributed by atoms with E-state index in [2.05, 4.69) is 5.32 Å². The van der Waals surface area contributed by atoms with Crippen LogP contribution in [0.5, 0.6) is 5.75 Å². The van der Waals surface area contributed by atoms with Gasteiger partial charge in [-0.05, 0) is 37.3 Å². The van der Waals surface area contributed by atoms with Gasteiger partial charge in [-0.1, -0.05) is 24.6 Å². The van der Waals surface area contributed by atoms with E-state index in [1.807, 2.05) is 24.3 Å². The molecule has 1 aliphatic carbocycles. The van der Waals surface area contributed by atoms with E-state index in [0.717, 1.165) is 24.4 Å². The lowest BCUT2D eigenvalue weighted by molar-refractivity contribution is -0.120. The molecule has 1 aromatic carbocycles. The normalized spacial score (nSPS) is 21.7. The van der Waals surface area contributed by atoms with Gasteiger partial charge >= 0.3 is 0 Å². The number of amides is 1. The predicted octanol–water partition coefficient (Wildman–Crippen LogP) is 1.73. The maximum absolute atomic E-state index is 12.0. The van der Waals surface area contributed by atoms with Crippen LogP contribution in [0.3, 0.4) is 0 Å². The summed E-state index contributed by atoms with van der Waals surface area (Å²) in [7, 11) is 1.63. The van der Waals surface area contributed by atoms with Gasteiger partial charge in [-0.3, -0.25) is 4.79 Å². The number of ether oxygens (including phenoxy) is 1. The van der Waals surface area contributed by atoms with Crippen molar-refractivity contribution in [2.24, 2.45) is 17.6 Å². The molecule has 0 heterocycles. The highest BCUT2D eigenvalue weighted by atomic mass is 16.5. The van der Waals surface area contributed by atoms with Gasteiger partial charge < -0.3 is 15.8 Å². The molecular formula is C16H24N2O2. The van der Waals surface area contributed by atoms with E-state index in [1.54, 1.807) is 7.11 Å². The maximum atomic E-state index is 12.0. The Morgan fingerprint density at radius 1 is 1.35 bits per heavy atom. The van der Waals surface area contributed by atoms with Gasteiger partial charge in [0.2, 0.25) is 5.91 Å². The number of nitrogens with two attached hydrogens (primary N) is 1. The number of carbonyl (C=O) groups is 1. The van der Waals surface area contributed by atoms with Crippen LogP contribution in [0.25, 0.3) is 0 Å². The molecule has 1 saturated carbocycles. The minimum Gasteiger partial charge on any atom is -0.496 e. The lowest BCUT2D eigenvalue weighted by Crippen LogP contribution is -2.33. The minimum atomic E-state index is 0.0529. The molecule has 4 heteroatoms. The van der Waals surface area contributed by atoms with Gasteiger partial charge in [0.15, 0.2) is 0 Å². The average molecular weight is 276 g/mol. The summed E-state index contributed by atoms with van der Waals surface area (Å²) < 4.78 is 5.26. The average Bonchev–Trinajstić information content (AvgIpc) is 2.93. The Labute approximate surface area is 120 Å². The number of hydrogen-bond acceptors (Lipinski definition) is 3. The van der Waals surface area contributed by atoms with Crippen molar-refractivity contribution in [1.82, 2.24) is 5.32 Å². The predicted molar refractivity (Wildman–Crippen MR) is 79.6 cm³/mol. The summed E-state index contributed by atoms with van der Waals surface area (Å²) >= 11 is 0. The van der Waals surface area contributed by atoms with Gasteiger partial charge in [-0.25, -0.2) is 0 Å². The second-order valence-electron chi connectivity index (χ2n) is 5.48. The highest BCUT2D eigenvalue weighted by molar-refractivity contribution is 5.79. The second-order valence-corrected chi connectivity index (χ2v) is 5.48. The van der Waals surface area contributed by atoms with Crippen molar-refractivity contribution < 1.29 is 9.53 Å². The van der Waals surface area contributed by atoms with Crippen LogP contribution in [0.4, 0.5) is 0 Å². The first kappa shape index (κ1) is 14.9. The van der Waals surface area contributed by atoms with Crippen LogP contribution in [0.2, 0.25) is 0 Å². The van der Waals surface area contributed by atoms with Crippen molar-refractivity contribution >= 4 is 5.91 Å². The van der Waals surface area contributed by atoms with Gasteiger partial charge in [0, 0.05) is 12.1 Å². The Bertz CT molecular complexity index is 448. The molecule has 1 aromatic rings. The molecule has 0 radical (unpaired) electrons. The highest BCUT2D eigenvalue weighted by Crippen LogP contribution is 2.30. The molecule has 4 nitrogen and oxygen atoms in total. The molecular weight excluding hydrogens is 252 g/mol. The number of para-hydroxylation sites is 1. The third-order valence-corrected chi connectivity index (χ3v) is 4.22. The van der Waals surface area contributed by atoms with E-state index in [0.29, 0.717) is 18.3 Å². The highest BCUT2D eigenvalue weighted by Gasteiger charge is 2.26. The van der Waals surface area contributed by atoms with E-state index in [4.69, 9.17) is 10.5 Å². The molecule has 20 heavy (non-hydrogen) atoms. The summed E-state index contributed by atoms with van der Waals surface area (Å²) in [4.78, 5) is 12.0. The monoisotopic (exact) mass is 276 g/mol. The number of nitrogens with one attached hydrogen (secondary N) is 1. The summed E-state index contributed by atoms with van der Waals surface area (Å²) in [5, 5.41) is 3.04. The Balaban J connectivity index is 1.83. The van der Waals surface area contributed by atoms with Crippen molar-refractivity contribution in [3.63, 3.8) is 0 Å². The Hall–Kier alpha value is -1.55. The van der Waals surface area contributed by atoms with Crippen LogP contribution in [0.15, 0.2) is 24.3 Å². The first-order valence-electron chi connectivity index (χ1n) is 7.33. The van der Waals surface area contributed by atoms with Gasteiger partial charge in [0.25, 0.3) is 0 Å². The van der Waals surface area contributed by atoms with Crippen LogP contribution in [-0.4, -0.2) is 26.1 Å². The Morgan fingerprint density at radius 2 is 2.10 bits per heavy atom. The molecule has 0 aromatic heterocycles. The van der Waals surface area contributed by atoms with Crippen molar-refractivity contribution in [1.29, 1.82) is 0 Å². The first-order valence-corrected chi connectivity index (χ1v) is 7.33. The van der Waals surface area contributed by atoms with Gasteiger partial charge in [0.1, 0.15) is 5.75 Å². The molecule has 2 unspecified atom stereocenters. The number of methoxy groups -OCH3 is 1. The second kappa shape index (κ2) is 7.29. The zero-order chi connectivity index (χ0) is 14.4. The molecule has 0 spiro atoms. The molecule has 0 saturated heterocycles. The van der Waals surface area contributed by atoms with Crippen molar-refractivity contribution in [2.45, 2.75) is 25.7 Å². The summed E-state index contributed by atoms with van der Waals surface area (Å²) in [6.45, 7) is 1.48. The van der Waals surface area contributed by atoms with E-state index < -0.39 is 0 Å². The molecule has 2 atom stereocenters. The van der Waals surface area contributed by atoms with Crippen LogP contribution < -0.4 is 15.8 Å². The largest absolute Gasteiger partial charge is 0.496 e. The molecule has 2 rings (SSSR count). The lowest BCUT2D eigenvalue weighted by Gasteiger charge is -2.18. The first-order chi connectivity index (χ1) is 9.74. The smallest absolute Gasteiger partial charge is 0.224 e. The molecule has 0 bridgehead atoms. The van der Waals surface area contributed by atoms with Gasteiger partial charge in [-0.2, -0.15) is 0 Å². The summed E-state index contributed by atoms with van der Waals surface area (Å²) in [5.74, 6) is 1.93. The third kappa shape index (κ3) is 3.73. The van der Waals surface area contributed by atoms with Crippen LogP contribution in [0.1, 0.15) is 24.8 Å². The van der Waals surface area contributed by atoms with Gasteiger partial charge in [0.05, 0.1) is 13.5 Å².